The van der Waals surface area contributed by atoms with Crippen molar-refractivity contribution in [1.82, 2.24) is 0 Å². The first-order valence-corrected chi connectivity index (χ1v) is 30.3. The van der Waals surface area contributed by atoms with Crippen LogP contribution in [0.15, 0.2) is 170 Å². The largest absolute Gasteiger partial charge is 0.477 e. The van der Waals surface area contributed by atoms with E-state index in [2.05, 4.69) is 184 Å². The number of likely N-dealkylation sites (N-methyl/N-ethyl adjacent to an activating group) is 1. The molecule has 0 aliphatic carbocycles. The van der Waals surface area contributed by atoms with Gasteiger partial charge in [-0.2, -0.15) is 0 Å². The van der Waals surface area contributed by atoms with Gasteiger partial charge in [0.15, 0.2) is 6.10 Å². The first-order valence-electron chi connectivity index (χ1n) is 30.3. The maximum atomic E-state index is 12.9. The molecule has 79 heavy (non-hydrogen) atoms. The number of carbonyl (C=O) groups excluding carboxylic acids is 2. The minimum atomic E-state index is -1.53. The molecule has 0 aromatic carbocycles. The fourth-order valence-electron chi connectivity index (χ4n) is 7.38. The first kappa shape index (κ1) is 73.7. The average molecular weight is 1090 g/mol. The number of allylic oxidation sites excluding steroid dienone is 28. The molecule has 0 heterocycles. The van der Waals surface area contributed by atoms with Crippen molar-refractivity contribution in [2.24, 2.45) is 0 Å². The van der Waals surface area contributed by atoms with Gasteiger partial charge >= 0.3 is 17.9 Å². The Morgan fingerprint density at radius 2 is 0.684 bits per heavy atom. The summed E-state index contributed by atoms with van der Waals surface area (Å²) in [6.07, 6.45) is 85.8. The minimum absolute atomic E-state index is 0.169. The summed E-state index contributed by atoms with van der Waals surface area (Å²) in [5, 5.41) is 9.71. The van der Waals surface area contributed by atoms with Crippen LogP contribution in [0, 0.1) is 0 Å². The highest BCUT2D eigenvalue weighted by molar-refractivity contribution is 5.71. The number of nitrogens with zero attached hydrogens (tertiary/aromatic N) is 1. The standard InChI is InChI=1S/C70H109NO8/c1-6-8-10-12-14-16-18-20-22-24-26-27-28-29-30-31-32-33-34-35-36-37-38-39-40-41-43-45-47-49-51-53-55-57-59-61-68(73)79-66(65-78-70(69(74)75)76-63-62-71(3,4)5)64-77-67(72)60-58-56-54-52-50-48-46-44-42-25-23-21-19-17-15-13-11-9-7-2/h8-11,14-17,20-23,26-27,29-30,32-33,35-36,38-39,41-44,47,49,66,70H,6-7,12-13,18-19,24-25,28,31,34,37,40,45-46,48,50-65H2,1-5H3/p+1/b10-8-,11-9-,16-14-,17-15-,22-20-,23-21-,27-26-,30-29-,33-32-,36-35-,39-38-,43-41-,44-42-,49-47-. The van der Waals surface area contributed by atoms with Gasteiger partial charge in [-0.1, -0.05) is 223 Å². The van der Waals surface area contributed by atoms with Crippen molar-refractivity contribution in [3.05, 3.63) is 170 Å². The monoisotopic (exact) mass is 1090 g/mol. The molecule has 0 aromatic heterocycles. The molecule has 0 saturated heterocycles. The molecule has 0 aliphatic heterocycles. The highest BCUT2D eigenvalue weighted by Gasteiger charge is 2.25. The maximum Gasteiger partial charge on any atom is 0.361 e. The van der Waals surface area contributed by atoms with Gasteiger partial charge in [-0.25, -0.2) is 4.79 Å². The van der Waals surface area contributed by atoms with E-state index in [1.807, 2.05) is 21.1 Å². The third-order valence-electron chi connectivity index (χ3n) is 12.0. The molecule has 0 aliphatic rings. The third-order valence-corrected chi connectivity index (χ3v) is 12.0. The topological polar surface area (TPSA) is 108 Å². The summed E-state index contributed by atoms with van der Waals surface area (Å²) >= 11 is 0. The second-order valence-corrected chi connectivity index (χ2v) is 20.5. The lowest BCUT2D eigenvalue weighted by Gasteiger charge is -2.25. The number of hydrogen-bond donors (Lipinski definition) is 1. The van der Waals surface area contributed by atoms with Crippen molar-refractivity contribution in [2.45, 2.75) is 206 Å². The van der Waals surface area contributed by atoms with Crippen molar-refractivity contribution in [3.63, 3.8) is 0 Å². The van der Waals surface area contributed by atoms with Gasteiger partial charge < -0.3 is 28.5 Å². The Morgan fingerprint density at radius 3 is 1.01 bits per heavy atom. The predicted octanol–water partition coefficient (Wildman–Crippen LogP) is 18.3. The van der Waals surface area contributed by atoms with Crippen molar-refractivity contribution < 1.29 is 42.9 Å². The lowest BCUT2D eigenvalue weighted by atomic mass is 10.1. The number of esters is 2. The van der Waals surface area contributed by atoms with Gasteiger partial charge in [0, 0.05) is 12.8 Å². The lowest BCUT2D eigenvalue weighted by Crippen LogP contribution is -2.40. The summed E-state index contributed by atoms with van der Waals surface area (Å²) in [6.45, 7) is 4.57. The zero-order valence-corrected chi connectivity index (χ0v) is 50.2. The van der Waals surface area contributed by atoms with E-state index in [0.717, 1.165) is 161 Å². The average Bonchev–Trinajstić information content (AvgIpc) is 3.42. The molecule has 0 aromatic rings. The highest BCUT2D eigenvalue weighted by atomic mass is 16.7. The molecule has 0 saturated carbocycles. The fourth-order valence-corrected chi connectivity index (χ4v) is 7.38. The quantitative estimate of drug-likeness (QED) is 0.0211. The number of carbonyl (C=O) groups is 3. The van der Waals surface area contributed by atoms with Gasteiger partial charge in [0.1, 0.15) is 13.2 Å². The number of carboxylic acid groups (broad SMARTS) is 1. The van der Waals surface area contributed by atoms with E-state index >= 15 is 0 Å². The van der Waals surface area contributed by atoms with Gasteiger partial charge in [0.05, 0.1) is 34.4 Å². The Balaban J connectivity index is 4.34. The molecule has 0 rings (SSSR count). The molecule has 9 heteroatoms. The molecule has 2 atom stereocenters. The van der Waals surface area contributed by atoms with Crippen molar-refractivity contribution in [3.8, 4) is 0 Å². The van der Waals surface area contributed by atoms with Crippen LogP contribution in [0.4, 0.5) is 0 Å². The molecule has 0 amide bonds. The van der Waals surface area contributed by atoms with E-state index in [1.165, 1.54) is 0 Å². The van der Waals surface area contributed by atoms with E-state index in [4.69, 9.17) is 18.9 Å². The van der Waals surface area contributed by atoms with Crippen LogP contribution in [0.25, 0.3) is 0 Å². The predicted molar refractivity (Wildman–Crippen MR) is 336 cm³/mol. The molecular weight excluding hydrogens is 983 g/mol. The van der Waals surface area contributed by atoms with Crippen LogP contribution in [-0.2, 0) is 33.3 Å². The number of ether oxygens (including phenoxy) is 4. The Morgan fingerprint density at radius 1 is 0.380 bits per heavy atom. The Kier molecular flexibility index (Phi) is 54.8. The molecule has 0 bridgehead atoms. The van der Waals surface area contributed by atoms with Crippen LogP contribution in [0.3, 0.4) is 0 Å². The van der Waals surface area contributed by atoms with Crippen LogP contribution >= 0.6 is 0 Å². The van der Waals surface area contributed by atoms with E-state index < -0.39 is 24.3 Å². The second-order valence-electron chi connectivity index (χ2n) is 20.5. The van der Waals surface area contributed by atoms with Crippen LogP contribution < -0.4 is 0 Å². The number of carboxylic acids is 1. The Hall–Kier alpha value is -5.35. The summed E-state index contributed by atoms with van der Waals surface area (Å²) in [4.78, 5) is 37.4. The van der Waals surface area contributed by atoms with Crippen molar-refractivity contribution in [1.29, 1.82) is 0 Å². The minimum Gasteiger partial charge on any atom is -0.477 e. The SMILES string of the molecule is CC/C=C\C/C=C\C/C=C\C/C=C\C/C=C\C/C=C\C/C=C\C/C=C\C/C=C\C/C=C\CCCCCCC(=O)OC(COC(=O)CCCCCCCC/C=C\C/C=C\C/C=C\C/C=C\CC)COC(OCC[N+](C)(C)C)C(=O)O. The molecule has 0 radical (unpaired) electrons. The molecule has 442 valence electrons. The van der Waals surface area contributed by atoms with Gasteiger partial charge in [-0.15, -0.1) is 0 Å². The fraction of sp³-hybridized carbons (Fsp3) is 0.557. The smallest absolute Gasteiger partial charge is 0.361 e. The molecule has 9 nitrogen and oxygen atoms in total. The van der Waals surface area contributed by atoms with E-state index in [1.54, 1.807) is 0 Å². The zero-order valence-electron chi connectivity index (χ0n) is 50.2. The van der Waals surface area contributed by atoms with Crippen molar-refractivity contribution >= 4 is 17.9 Å². The number of quaternary nitrogens is 1. The van der Waals surface area contributed by atoms with E-state index in [-0.39, 0.29) is 38.6 Å². The summed E-state index contributed by atoms with van der Waals surface area (Å²) in [5.41, 5.74) is 0. The Labute approximate surface area is 482 Å². The van der Waals surface area contributed by atoms with Crippen LogP contribution in [0.2, 0.25) is 0 Å². The number of unbranched alkanes of at least 4 members (excludes halogenated alkanes) is 10. The number of aliphatic carboxylic acids is 1. The van der Waals surface area contributed by atoms with Gasteiger partial charge in [0.25, 0.3) is 6.29 Å². The first-order chi connectivity index (χ1) is 38.6. The number of rotatable bonds is 53. The molecule has 0 fully saturated rings. The third kappa shape index (κ3) is 60.1. The zero-order chi connectivity index (χ0) is 57.6. The van der Waals surface area contributed by atoms with Gasteiger partial charge in [-0.05, 0) is 128 Å². The van der Waals surface area contributed by atoms with Crippen LogP contribution in [0.1, 0.15) is 194 Å². The maximum absolute atomic E-state index is 12.9. The van der Waals surface area contributed by atoms with Crippen LogP contribution in [-0.4, -0.2) is 87.4 Å². The number of hydrogen-bond acceptors (Lipinski definition) is 7. The Bertz CT molecular complexity index is 1900. The summed E-state index contributed by atoms with van der Waals surface area (Å²) in [7, 11) is 5.94. The summed E-state index contributed by atoms with van der Waals surface area (Å²) < 4.78 is 22.8. The van der Waals surface area contributed by atoms with Crippen LogP contribution in [0.5, 0.6) is 0 Å². The lowest BCUT2D eigenvalue weighted by molar-refractivity contribution is -0.870. The normalized spacial score (nSPS) is 14.0. The highest BCUT2D eigenvalue weighted by Crippen LogP contribution is 2.13. The second kappa shape index (κ2) is 58.8. The molecule has 2 unspecified atom stereocenters. The van der Waals surface area contributed by atoms with Gasteiger partial charge in [-0.3, -0.25) is 9.59 Å². The van der Waals surface area contributed by atoms with Gasteiger partial charge in [0.2, 0.25) is 0 Å². The van der Waals surface area contributed by atoms with Crippen molar-refractivity contribution in [2.75, 3.05) is 47.5 Å². The van der Waals surface area contributed by atoms with E-state index in [0.29, 0.717) is 17.4 Å². The molecule has 0 spiro atoms. The molecule has 1 N–H and O–H groups in total. The summed E-state index contributed by atoms with van der Waals surface area (Å²) in [5.74, 6) is -2.08. The van der Waals surface area contributed by atoms with E-state index in [9.17, 15) is 19.5 Å². The molecular formula is C70H110NO8+. The summed E-state index contributed by atoms with van der Waals surface area (Å²) in [6, 6.07) is 0.